The summed E-state index contributed by atoms with van der Waals surface area (Å²) in [7, 11) is 0. The number of carbonyl (C=O) groups is 4. The second-order valence-electron chi connectivity index (χ2n) is 19.5. The number of nitrogens with zero attached hydrogens (tertiary/aromatic N) is 7. The molecule has 5 aromatic rings. The van der Waals surface area contributed by atoms with Crippen molar-refractivity contribution in [3.63, 3.8) is 0 Å². The molecule has 15 nitrogen and oxygen atoms in total. The number of piperazine rings is 1. The fourth-order valence-electron chi connectivity index (χ4n) is 11.5. The van der Waals surface area contributed by atoms with E-state index in [0.717, 1.165) is 111 Å². The maximum absolute atomic E-state index is 17.0. The molecule has 0 spiro atoms. The molecule has 4 amide bonds. The number of likely N-dealkylation sites (tertiary alicyclic amines) is 1. The lowest BCUT2D eigenvalue weighted by atomic mass is 9.82. The average Bonchev–Trinajstić information content (AvgIpc) is 3.69. The Labute approximate surface area is 395 Å². The first-order valence-corrected chi connectivity index (χ1v) is 24.5. The molecule has 3 N–H and O–H groups in total. The number of ether oxygens (including phenoxy) is 1. The van der Waals surface area contributed by atoms with E-state index in [9.17, 15) is 24.3 Å². The van der Waals surface area contributed by atoms with Gasteiger partial charge in [-0.25, -0.2) is 4.39 Å². The van der Waals surface area contributed by atoms with Crippen molar-refractivity contribution in [3.8, 4) is 23.0 Å². The van der Waals surface area contributed by atoms with Crippen molar-refractivity contribution in [1.82, 2.24) is 35.4 Å². The number of aryl methyl sites for hydroxylation is 2. The first kappa shape index (κ1) is 45.5. The van der Waals surface area contributed by atoms with Gasteiger partial charge >= 0.3 is 6.01 Å². The summed E-state index contributed by atoms with van der Waals surface area (Å²) in [6, 6.07) is 14.7. The number of fused-ring (bicyclic) bond motifs is 4. The third-order valence-corrected chi connectivity index (χ3v) is 15.2. The van der Waals surface area contributed by atoms with Crippen LogP contribution in [0.2, 0.25) is 0 Å². The standard InChI is InChI=1S/C52H60FN9O6/c1-3-34-5-4-6-35-24-39(64)26-41(45(34)35)47-46(53)48-42(27-54-47)49(61-28-36-8-9-37(29-61)55-36)58-52(57-48)68-22-21-59-17-13-32(14-18-59)23-33-15-19-60(20-16-33)38-10-7-31(2)40(25-38)51(67)62(30-63)43-11-12-44(65)56-50(43)66/h4-7,10,24-27,30,32-33,36-37,43,55,64H,3,8-9,11-23,28-29H2,1-2H3,(H,56,65,66). The Balaban J connectivity index is 0.760. The van der Waals surface area contributed by atoms with Crippen LogP contribution in [0.5, 0.6) is 11.8 Å². The van der Waals surface area contributed by atoms with Gasteiger partial charge in [-0.15, -0.1) is 0 Å². The maximum Gasteiger partial charge on any atom is 0.319 e. The Morgan fingerprint density at radius 3 is 2.41 bits per heavy atom. The van der Waals surface area contributed by atoms with Gasteiger partial charge in [-0.2, -0.15) is 9.97 Å². The fourth-order valence-corrected chi connectivity index (χ4v) is 11.5. The van der Waals surface area contributed by atoms with Crippen molar-refractivity contribution in [2.75, 3.05) is 62.2 Å². The van der Waals surface area contributed by atoms with Gasteiger partial charge in [0.05, 0.1) is 5.39 Å². The molecule has 5 fully saturated rings. The maximum atomic E-state index is 17.0. The number of halogens is 1. The summed E-state index contributed by atoms with van der Waals surface area (Å²) in [6.45, 7) is 10.1. The summed E-state index contributed by atoms with van der Waals surface area (Å²) in [5.74, 6) is -0.213. The summed E-state index contributed by atoms with van der Waals surface area (Å²) in [6.07, 6.45) is 10.7. The molecule has 5 aliphatic heterocycles. The van der Waals surface area contributed by atoms with Crippen molar-refractivity contribution < 1.29 is 33.4 Å². The normalized spacial score (nSPS) is 21.7. The van der Waals surface area contributed by atoms with E-state index in [2.05, 4.69) is 32.3 Å². The number of pyridine rings is 1. The van der Waals surface area contributed by atoms with Gasteiger partial charge < -0.3 is 25.0 Å². The first-order chi connectivity index (χ1) is 33.0. The van der Waals surface area contributed by atoms with Crippen LogP contribution in [0.15, 0.2) is 54.7 Å². The molecule has 2 aromatic heterocycles. The third kappa shape index (κ3) is 9.19. The highest BCUT2D eigenvalue weighted by Crippen LogP contribution is 2.39. The van der Waals surface area contributed by atoms with Gasteiger partial charge in [0.2, 0.25) is 18.2 Å². The minimum atomic E-state index is -1.01. The molecular weight excluding hydrogens is 866 g/mol. The van der Waals surface area contributed by atoms with E-state index in [1.165, 1.54) is 6.42 Å². The van der Waals surface area contributed by atoms with E-state index >= 15 is 4.39 Å². The quantitative estimate of drug-likeness (QED) is 0.0888. The van der Waals surface area contributed by atoms with E-state index in [4.69, 9.17) is 19.7 Å². The number of amides is 4. The number of phenolic OH excluding ortho intramolecular Hbond substituents is 1. The van der Waals surface area contributed by atoms with E-state index in [1.807, 2.05) is 43.3 Å². The monoisotopic (exact) mass is 925 g/mol. The number of imide groups is 2. The molecule has 2 bridgehead atoms. The Morgan fingerprint density at radius 1 is 0.941 bits per heavy atom. The Morgan fingerprint density at radius 2 is 1.69 bits per heavy atom. The highest BCUT2D eigenvalue weighted by Gasteiger charge is 2.37. The number of hydrogen-bond acceptors (Lipinski definition) is 13. The van der Waals surface area contributed by atoms with E-state index in [1.54, 1.807) is 18.3 Å². The number of aromatic hydroxyl groups is 1. The molecule has 0 aliphatic carbocycles. The van der Waals surface area contributed by atoms with Gasteiger partial charge in [-0.3, -0.25) is 39.3 Å². The molecule has 68 heavy (non-hydrogen) atoms. The lowest BCUT2D eigenvalue weighted by Gasteiger charge is -2.37. The number of aromatic nitrogens is 3. The minimum Gasteiger partial charge on any atom is -0.508 e. The van der Waals surface area contributed by atoms with Crippen LogP contribution in [-0.2, 0) is 20.8 Å². The van der Waals surface area contributed by atoms with Crippen LogP contribution in [0.1, 0.15) is 86.2 Å². The summed E-state index contributed by atoms with van der Waals surface area (Å²) >= 11 is 0. The molecule has 3 atom stereocenters. The largest absolute Gasteiger partial charge is 0.508 e. The summed E-state index contributed by atoms with van der Waals surface area (Å²) in [5.41, 5.74) is 3.87. The predicted molar refractivity (Wildman–Crippen MR) is 257 cm³/mol. The molecule has 3 aromatic carbocycles. The third-order valence-electron chi connectivity index (χ3n) is 15.2. The molecule has 356 valence electrons. The number of phenols is 1. The topological polar surface area (TPSA) is 173 Å². The molecule has 3 unspecified atom stereocenters. The lowest BCUT2D eigenvalue weighted by molar-refractivity contribution is -0.139. The molecule has 5 saturated heterocycles. The van der Waals surface area contributed by atoms with Crippen LogP contribution in [0.3, 0.4) is 0 Å². The number of rotatable bonds is 13. The Kier molecular flexibility index (Phi) is 13.0. The molecule has 10 rings (SSSR count). The van der Waals surface area contributed by atoms with Crippen LogP contribution >= 0.6 is 0 Å². The highest BCUT2D eigenvalue weighted by atomic mass is 19.1. The number of hydrogen-bond donors (Lipinski definition) is 3. The van der Waals surface area contributed by atoms with Crippen molar-refractivity contribution in [1.29, 1.82) is 0 Å². The zero-order valence-electron chi connectivity index (χ0n) is 38.9. The predicted octanol–water partition coefficient (Wildman–Crippen LogP) is 6.30. The SMILES string of the molecule is CCc1cccc2cc(O)cc(-c3ncc4c(N5CC6CCC(C5)N6)nc(OCCN5CCC(CC6CCN(c7ccc(C)c(C(=O)N(C=O)C8CCC(=O)NC8=O)c7)CC6)CC5)nc4c3F)c12. The lowest BCUT2D eigenvalue weighted by Crippen LogP contribution is -2.54. The van der Waals surface area contributed by atoms with Crippen LogP contribution < -0.4 is 25.2 Å². The van der Waals surface area contributed by atoms with Crippen LogP contribution in [0.4, 0.5) is 15.9 Å². The second-order valence-corrected chi connectivity index (χ2v) is 19.5. The van der Waals surface area contributed by atoms with Gasteiger partial charge in [0.25, 0.3) is 5.91 Å². The van der Waals surface area contributed by atoms with Gasteiger partial charge in [0.15, 0.2) is 5.82 Å². The number of anilines is 2. The summed E-state index contributed by atoms with van der Waals surface area (Å²) in [5, 5.41) is 18.9. The van der Waals surface area contributed by atoms with Crippen LogP contribution in [0.25, 0.3) is 32.9 Å². The Hall–Kier alpha value is -6.26. The highest BCUT2D eigenvalue weighted by molar-refractivity contribution is 6.08. The number of benzene rings is 3. The van der Waals surface area contributed by atoms with Gasteiger partial charge in [0.1, 0.15) is 35.4 Å². The fraction of sp³-hybridized carbons (Fsp3) is 0.481. The van der Waals surface area contributed by atoms with Crippen molar-refractivity contribution >= 4 is 57.3 Å². The summed E-state index contributed by atoms with van der Waals surface area (Å²) < 4.78 is 23.4. The first-order valence-electron chi connectivity index (χ1n) is 24.5. The molecule has 7 heterocycles. The van der Waals surface area contributed by atoms with E-state index in [-0.39, 0.29) is 35.8 Å². The number of carbonyl (C=O) groups excluding carboxylic acids is 4. The molecule has 16 heteroatoms. The summed E-state index contributed by atoms with van der Waals surface area (Å²) in [4.78, 5) is 72.1. The Bertz CT molecular complexity index is 2740. The van der Waals surface area contributed by atoms with E-state index < -0.39 is 29.6 Å². The van der Waals surface area contributed by atoms with Gasteiger partial charge in [-0.05, 0) is 136 Å². The van der Waals surface area contributed by atoms with Crippen molar-refractivity contribution in [2.45, 2.75) is 96.2 Å². The van der Waals surface area contributed by atoms with Gasteiger partial charge in [-0.1, -0.05) is 31.2 Å². The molecule has 0 radical (unpaired) electrons. The number of nitrogens with one attached hydrogen (secondary N) is 2. The van der Waals surface area contributed by atoms with Crippen LogP contribution in [-0.4, -0.2) is 125 Å². The van der Waals surface area contributed by atoms with Gasteiger partial charge in [0, 0.05) is 74.2 Å². The van der Waals surface area contributed by atoms with Crippen molar-refractivity contribution in [3.05, 3.63) is 77.2 Å². The van der Waals surface area contributed by atoms with Crippen molar-refractivity contribution in [2.24, 2.45) is 11.8 Å². The molecule has 0 saturated carbocycles. The second kappa shape index (κ2) is 19.4. The zero-order chi connectivity index (χ0) is 47.1. The minimum absolute atomic E-state index is 0.0440. The van der Waals surface area contributed by atoms with E-state index in [0.29, 0.717) is 71.4 Å². The average molecular weight is 926 g/mol. The molecular formula is C52H60FN9O6. The number of piperidine rings is 3. The zero-order valence-corrected chi connectivity index (χ0v) is 38.9. The smallest absolute Gasteiger partial charge is 0.319 e. The van der Waals surface area contributed by atoms with Crippen LogP contribution in [0, 0.1) is 24.6 Å². The molecule has 5 aliphatic rings.